The van der Waals surface area contributed by atoms with E-state index < -0.39 is 5.92 Å². The number of hydrogen-bond donors (Lipinski definition) is 2. The van der Waals surface area contributed by atoms with E-state index in [4.69, 9.17) is 10.5 Å². The van der Waals surface area contributed by atoms with Gasteiger partial charge >= 0.3 is 0 Å². The number of allylic oxidation sites excluding steroid dienone is 1. The molecule has 3 aromatic carbocycles. The molecule has 0 fully saturated rings. The van der Waals surface area contributed by atoms with Gasteiger partial charge in [0.15, 0.2) is 0 Å². The highest BCUT2D eigenvalue weighted by Gasteiger charge is 2.36. The number of ether oxygens (including phenoxy) is 1. The second-order valence-corrected chi connectivity index (χ2v) is 6.82. The Morgan fingerprint density at radius 3 is 2.69 bits per heavy atom. The topological polar surface area (TPSA) is 87.7 Å². The fourth-order valence-electron chi connectivity index (χ4n) is 3.91. The third kappa shape index (κ3) is 2.64. The molecular weight excluding hydrogens is 367 g/mol. The highest BCUT2D eigenvalue weighted by atomic mass is 19.1. The smallest absolute Gasteiger partial charge is 0.244 e. The Balaban J connectivity index is 1.80. The summed E-state index contributed by atoms with van der Waals surface area (Å²) in [5.41, 5.74) is 9.13. The largest absolute Gasteiger partial charge is 0.420 e. The minimum atomic E-state index is -0.591. The van der Waals surface area contributed by atoms with E-state index in [1.54, 1.807) is 12.1 Å². The fourth-order valence-corrected chi connectivity index (χ4v) is 3.91. The van der Waals surface area contributed by atoms with E-state index in [1.807, 2.05) is 42.5 Å². The number of halogens is 1. The molecule has 5 nitrogen and oxygen atoms in total. The Morgan fingerprint density at radius 2 is 1.86 bits per heavy atom. The molecule has 6 heteroatoms. The molecular formula is C23H15FN4O. The van der Waals surface area contributed by atoms with E-state index in [9.17, 15) is 9.65 Å². The number of nitriles is 1. The molecule has 0 amide bonds. The molecule has 1 aliphatic rings. The third-order valence-electron chi connectivity index (χ3n) is 5.18. The molecule has 2 heterocycles. The lowest BCUT2D eigenvalue weighted by atomic mass is 9.82. The predicted octanol–water partition coefficient (Wildman–Crippen LogP) is 4.59. The first-order valence-corrected chi connectivity index (χ1v) is 9.07. The number of fused-ring (bicyclic) bond motifs is 2. The summed E-state index contributed by atoms with van der Waals surface area (Å²) in [5.74, 6) is -0.710. The number of nitrogens with zero attached hydrogens (tertiary/aromatic N) is 2. The van der Waals surface area contributed by atoms with Crippen LogP contribution in [0.4, 0.5) is 4.39 Å². The van der Waals surface area contributed by atoms with Crippen LogP contribution in [0, 0.1) is 17.1 Å². The van der Waals surface area contributed by atoms with Crippen molar-refractivity contribution in [1.29, 1.82) is 5.26 Å². The minimum absolute atomic E-state index is 0.0229. The van der Waals surface area contributed by atoms with Crippen LogP contribution in [-0.4, -0.2) is 10.2 Å². The lowest BCUT2D eigenvalue weighted by Crippen LogP contribution is -2.21. The zero-order valence-electron chi connectivity index (χ0n) is 15.2. The average Bonchev–Trinajstić information content (AvgIpc) is 3.15. The van der Waals surface area contributed by atoms with E-state index in [-0.39, 0.29) is 17.3 Å². The summed E-state index contributed by atoms with van der Waals surface area (Å²) < 4.78 is 19.6. The molecule has 0 aliphatic carbocycles. The Morgan fingerprint density at radius 1 is 1.07 bits per heavy atom. The van der Waals surface area contributed by atoms with Crippen LogP contribution >= 0.6 is 0 Å². The number of aromatic nitrogens is 2. The molecule has 0 spiro atoms. The van der Waals surface area contributed by atoms with Gasteiger partial charge in [-0.25, -0.2) is 4.39 Å². The van der Waals surface area contributed by atoms with Gasteiger partial charge in [-0.3, -0.25) is 5.10 Å². The number of rotatable bonds is 2. The zero-order chi connectivity index (χ0) is 20.0. The number of aromatic amines is 1. The summed E-state index contributed by atoms with van der Waals surface area (Å²) in [6.45, 7) is 0. The Bertz CT molecular complexity index is 1330. The highest BCUT2D eigenvalue weighted by Crippen LogP contribution is 2.46. The highest BCUT2D eigenvalue weighted by molar-refractivity contribution is 5.97. The number of benzene rings is 3. The molecule has 3 N–H and O–H groups in total. The standard InChI is InChI=1S/C23H15FN4O/c24-15-8-3-7-14(11-15)19-18(12-25)22(26)29-23-20(19)21(27-28-23)17-10-4-6-13-5-1-2-9-16(13)17/h1-11,19H,26H2,(H,27,28). The molecule has 0 bridgehead atoms. The summed E-state index contributed by atoms with van der Waals surface area (Å²) in [7, 11) is 0. The molecule has 140 valence electrons. The molecule has 1 unspecified atom stereocenters. The first-order chi connectivity index (χ1) is 14.2. The molecule has 0 saturated carbocycles. The van der Waals surface area contributed by atoms with Gasteiger partial charge in [-0.1, -0.05) is 54.6 Å². The van der Waals surface area contributed by atoms with Gasteiger partial charge < -0.3 is 10.5 Å². The van der Waals surface area contributed by atoms with Crippen LogP contribution in [-0.2, 0) is 0 Å². The van der Waals surface area contributed by atoms with Gasteiger partial charge in [0.2, 0.25) is 11.8 Å². The number of nitrogens with two attached hydrogens (primary N) is 1. The normalized spacial score (nSPS) is 15.7. The second-order valence-electron chi connectivity index (χ2n) is 6.82. The fraction of sp³-hybridized carbons (Fsp3) is 0.0435. The van der Waals surface area contributed by atoms with Gasteiger partial charge in [-0.15, -0.1) is 5.10 Å². The lowest BCUT2D eigenvalue weighted by Gasteiger charge is -2.24. The summed E-state index contributed by atoms with van der Waals surface area (Å²) in [5, 5.41) is 19.2. The summed E-state index contributed by atoms with van der Waals surface area (Å²) in [6.07, 6.45) is 0. The SMILES string of the molecule is N#CC1=C(N)Oc2n[nH]c(-c3cccc4ccccc34)c2C1c1cccc(F)c1. The van der Waals surface area contributed by atoms with Crippen molar-refractivity contribution in [3.63, 3.8) is 0 Å². The van der Waals surface area contributed by atoms with E-state index >= 15 is 0 Å². The van der Waals surface area contributed by atoms with E-state index in [0.29, 0.717) is 22.7 Å². The van der Waals surface area contributed by atoms with Gasteiger partial charge in [-0.05, 0) is 28.5 Å². The molecule has 5 rings (SSSR count). The van der Waals surface area contributed by atoms with Gasteiger partial charge in [0.1, 0.15) is 17.5 Å². The van der Waals surface area contributed by atoms with Crippen LogP contribution in [0.15, 0.2) is 78.2 Å². The van der Waals surface area contributed by atoms with Crippen molar-refractivity contribution in [2.45, 2.75) is 5.92 Å². The van der Waals surface area contributed by atoms with Crippen molar-refractivity contribution in [2.24, 2.45) is 5.73 Å². The van der Waals surface area contributed by atoms with Crippen molar-refractivity contribution in [2.75, 3.05) is 0 Å². The number of hydrogen-bond acceptors (Lipinski definition) is 4. The molecule has 4 aromatic rings. The van der Waals surface area contributed by atoms with Crippen molar-refractivity contribution < 1.29 is 9.13 Å². The average molecular weight is 382 g/mol. The van der Waals surface area contributed by atoms with Gasteiger partial charge in [0.25, 0.3) is 0 Å². The molecule has 1 aromatic heterocycles. The van der Waals surface area contributed by atoms with Crippen LogP contribution in [0.25, 0.3) is 22.0 Å². The summed E-state index contributed by atoms with van der Waals surface area (Å²) in [6, 6.07) is 22.3. The van der Waals surface area contributed by atoms with Crippen molar-refractivity contribution >= 4 is 10.8 Å². The Hall–Kier alpha value is -4.11. The predicted molar refractivity (Wildman–Crippen MR) is 107 cm³/mol. The van der Waals surface area contributed by atoms with Crippen LogP contribution in [0.2, 0.25) is 0 Å². The van der Waals surface area contributed by atoms with E-state index in [0.717, 1.165) is 16.3 Å². The molecule has 0 radical (unpaired) electrons. The third-order valence-corrected chi connectivity index (χ3v) is 5.18. The van der Waals surface area contributed by atoms with Gasteiger partial charge in [-0.2, -0.15) is 5.26 Å². The van der Waals surface area contributed by atoms with Crippen molar-refractivity contribution in [3.8, 4) is 23.2 Å². The quantitative estimate of drug-likeness (QED) is 0.531. The van der Waals surface area contributed by atoms with E-state index in [1.165, 1.54) is 12.1 Å². The Kier molecular flexibility index (Phi) is 3.81. The maximum atomic E-state index is 14.0. The van der Waals surface area contributed by atoms with E-state index in [2.05, 4.69) is 16.3 Å². The Labute approximate surface area is 165 Å². The van der Waals surface area contributed by atoms with Crippen molar-refractivity contribution in [3.05, 3.63) is 95.1 Å². The first-order valence-electron chi connectivity index (χ1n) is 9.07. The van der Waals surface area contributed by atoms with Gasteiger partial charge in [0, 0.05) is 5.56 Å². The van der Waals surface area contributed by atoms with Crippen LogP contribution in [0.1, 0.15) is 17.0 Å². The molecule has 29 heavy (non-hydrogen) atoms. The molecule has 1 aliphatic heterocycles. The first kappa shape index (κ1) is 17.0. The molecule has 0 saturated heterocycles. The number of H-pyrrole nitrogens is 1. The minimum Gasteiger partial charge on any atom is -0.420 e. The van der Waals surface area contributed by atoms with Crippen LogP contribution in [0.5, 0.6) is 5.88 Å². The maximum absolute atomic E-state index is 14.0. The monoisotopic (exact) mass is 382 g/mol. The van der Waals surface area contributed by atoms with Crippen molar-refractivity contribution in [1.82, 2.24) is 10.2 Å². The summed E-state index contributed by atoms with van der Waals surface area (Å²) >= 11 is 0. The zero-order valence-corrected chi connectivity index (χ0v) is 15.2. The molecule has 1 atom stereocenters. The van der Waals surface area contributed by atoms with Crippen LogP contribution in [0.3, 0.4) is 0 Å². The lowest BCUT2D eigenvalue weighted by molar-refractivity contribution is 0.379. The second kappa shape index (κ2) is 6.50. The number of nitrogens with one attached hydrogen (secondary N) is 1. The maximum Gasteiger partial charge on any atom is 0.244 e. The van der Waals surface area contributed by atoms with Crippen LogP contribution < -0.4 is 10.5 Å². The van der Waals surface area contributed by atoms with Gasteiger partial charge in [0.05, 0.1) is 17.2 Å². The summed E-state index contributed by atoms with van der Waals surface area (Å²) in [4.78, 5) is 0.